The zero-order valence-electron chi connectivity index (χ0n) is 9.45. The van der Waals surface area contributed by atoms with Crippen LogP contribution >= 0.6 is 0 Å². The molecule has 1 aliphatic rings. The summed E-state index contributed by atoms with van der Waals surface area (Å²) in [5.41, 5.74) is 6.00. The van der Waals surface area contributed by atoms with Gasteiger partial charge in [-0.2, -0.15) is 0 Å². The van der Waals surface area contributed by atoms with Crippen LogP contribution in [0.5, 0.6) is 0 Å². The maximum atomic E-state index is 8.91. The first-order chi connectivity index (χ1) is 6.61. The van der Waals surface area contributed by atoms with Gasteiger partial charge in [-0.1, -0.05) is 13.8 Å². The Bertz CT molecular complexity index is 159. The second-order valence-corrected chi connectivity index (χ2v) is 4.99. The smallest absolute Gasteiger partial charge is 0.0434 e. The van der Waals surface area contributed by atoms with E-state index in [1.54, 1.807) is 0 Å². The highest BCUT2D eigenvalue weighted by atomic mass is 16.3. The van der Waals surface area contributed by atoms with Crippen LogP contribution in [0.2, 0.25) is 0 Å². The van der Waals surface area contributed by atoms with Gasteiger partial charge in [0.2, 0.25) is 0 Å². The van der Waals surface area contributed by atoms with Crippen molar-refractivity contribution in [2.75, 3.05) is 26.2 Å². The zero-order chi connectivity index (χ0) is 10.6. The predicted octanol–water partition coefficient (Wildman–Crippen LogP) is 0.674. The van der Waals surface area contributed by atoms with Crippen LogP contribution in [0.4, 0.5) is 0 Å². The minimum Gasteiger partial charge on any atom is -0.396 e. The van der Waals surface area contributed by atoms with E-state index in [0.717, 1.165) is 32.5 Å². The SMILES string of the molecule is CC(C)CN1CC(N)CC(CCO)C1. The van der Waals surface area contributed by atoms with Gasteiger partial charge in [-0.05, 0) is 24.7 Å². The Morgan fingerprint density at radius 2 is 2.14 bits per heavy atom. The van der Waals surface area contributed by atoms with Crippen molar-refractivity contribution in [2.24, 2.45) is 17.6 Å². The number of nitrogens with two attached hydrogens (primary N) is 1. The van der Waals surface area contributed by atoms with Gasteiger partial charge in [-0.3, -0.25) is 0 Å². The number of hydrogen-bond acceptors (Lipinski definition) is 3. The van der Waals surface area contributed by atoms with E-state index >= 15 is 0 Å². The van der Waals surface area contributed by atoms with Crippen LogP contribution in [0, 0.1) is 11.8 Å². The van der Waals surface area contributed by atoms with E-state index in [4.69, 9.17) is 10.8 Å². The summed E-state index contributed by atoms with van der Waals surface area (Å²) >= 11 is 0. The van der Waals surface area contributed by atoms with Gasteiger partial charge in [0.05, 0.1) is 0 Å². The summed E-state index contributed by atoms with van der Waals surface area (Å²) in [5, 5.41) is 8.91. The van der Waals surface area contributed by atoms with Crippen LogP contribution < -0.4 is 5.73 Å². The highest BCUT2D eigenvalue weighted by molar-refractivity contribution is 4.81. The van der Waals surface area contributed by atoms with Crippen molar-refractivity contribution < 1.29 is 5.11 Å². The molecular weight excluding hydrogens is 176 g/mol. The largest absolute Gasteiger partial charge is 0.396 e. The molecule has 3 heteroatoms. The number of aliphatic hydroxyl groups is 1. The van der Waals surface area contributed by atoms with E-state index in [1.165, 1.54) is 0 Å². The van der Waals surface area contributed by atoms with Crippen LogP contribution in [0.15, 0.2) is 0 Å². The molecule has 0 spiro atoms. The molecule has 3 nitrogen and oxygen atoms in total. The quantitative estimate of drug-likeness (QED) is 0.701. The van der Waals surface area contributed by atoms with Gasteiger partial charge in [0, 0.05) is 32.3 Å². The Morgan fingerprint density at radius 1 is 1.43 bits per heavy atom. The molecule has 14 heavy (non-hydrogen) atoms. The van der Waals surface area contributed by atoms with E-state index in [1.807, 2.05) is 0 Å². The van der Waals surface area contributed by atoms with Crippen LogP contribution in [0.25, 0.3) is 0 Å². The molecule has 0 amide bonds. The molecule has 84 valence electrons. The maximum Gasteiger partial charge on any atom is 0.0434 e. The van der Waals surface area contributed by atoms with Crippen molar-refractivity contribution in [1.29, 1.82) is 0 Å². The summed E-state index contributed by atoms with van der Waals surface area (Å²) in [7, 11) is 0. The fourth-order valence-corrected chi connectivity index (χ4v) is 2.41. The highest BCUT2D eigenvalue weighted by Crippen LogP contribution is 2.19. The van der Waals surface area contributed by atoms with Crippen LogP contribution in [0.3, 0.4) is 0 Å². The highest BCUT2D eigenvalue weighted by Gasteiger charge is 2.24. The number of likely N-dealkylation sites (tertiary alicyclic amines) is 1. The van der Waals surface area contributed by atoms with Gasteiger partial charge >= 0.3 is 0 Å². The van der Waals surface area contributed by atoms with Crippen LogP contribution in [0.1, 0.15) is 26.7 Å². The summed E-state index contributed by atoms with van der Waals surface area (Å²) in [6.07, 6.45) is 1.98. The summed E-state index contributed by atoms with van der Waals surface area (Å²) in [6.45, 7) is 8.05. The van der Waals surface area contributed by atoms with E-state index in [0.29, 0.717) is 24.5 Å². The Labute approximate surface area is 87.3 Å². The van der Waals surface area contributed by atoms with Crippen LogP contribution in [-0.4, -0.2) is 42.3 Å². The molecule has 1 heterocycles. The van der Waals surface area contributed by atoms with E-state index in [9.17, 15) is 0 Å². The molecule has 3 N–H and O–H groups in total. The van der Waals surface area contributed by atoms with E-state index < -0.39 is 0 Å². The average Bonchev–Trinajstić information content (AvgIpc) is 2.01. The first-order valence-corrected chi connectivity index (χ1v) is 5.70. The zero-order valence-corrected chi connectivity index (χ0v) is 9.45. The lowest BCUT2D eigenvalue weighted by Gasteiger charge is -2.37. The molecule has 0 aromatic heterocycles. The molecule has 0 aromatic rings. The molecule has 0 aliphatic carbocycles. The first-order valence-electron chi connectivity index (χ1n) is 5.70. The molecule has 2 atom stereocenters. The molecule has 2 unspecified atom stereocenters. The lowest BCUT2D eigenvalue weighted by Crippen LogP contribution is -2.48. The summed E-state index contributed by atoms with van der Waals surface area (Å²) in [4.78, 5) is 2.44. The van der Waals surface area contributed by atoms with Gasteiger partial charge in [-0.25, -0.2) is 0 Å². The monoisotopic (exact) mass is 200 g/mol. The van der Waals surface area contributed by atoms with Crippen molar-refractivity contribution in [1.82, 2.24) is 4.90 Å². The van der Waals surface area contributed by atoms with Crippen molar-refractivity contribution >= 4 is 0 Å². The minimum absolute atomic E-state index is 0.299. The lowest BCUT2D eigenvalue weighted by atomic mass is 9.92. The fraction of sp³-hybridized carbons (Fsp3) is 1.00. The third-order valence-corrected chi connectivity index (χ3v) is 2.81. The van der Waals surface area contributed by atoms with E-state index in [2.05, 4.69) is 18.7 Å². The van der Waals surface area contributed by atoms with E-state index in [-0.39, 0.29) is 0 Å². The van der Waals surface area contributed by atoms with Gasteiger partial charge in [0.15, 0.2) is 0 Å². The van der Waals surface area contributed by atoms with Gasteiger partial charge in [-0.15, -0.1) is 0 Å². The molecule has 1 saturated heterocycles. The Kier molecular flexibility index (Phi) is 4.85. The molecule has 1 aliphatic heterocycles. The van der Waals surface area contributed by atoms with Crippen molar-refractivity contribution in [3.05, 3.63) is 0 Å². The summed E-state index contributed by atoms with van der Waals surface area (Å²) in [5.74, 6) is 1.30. The molecule has 0 bridgehead atoms. The normalized spacial score (nSPS) is 29.8. The van der Waals surface area contributed by atoms with Gasteiger partial charge in [0.25, 0.3) is 0 Å². The molecule has 1 fully saturated rings. The Hall–Kier alpha value is -0.120. The maximum absolute atomic E-state index is 8.91. The molecule has 0 aromatic carbocycles. The topological polar surface area (TPSA) is 49.5 Å². The number of nitrogens with zero attached hydrogens (tertiary/aromatic N) is 1. The van der Waals surface area contributed by atoms with Crippen molar-refractivity contribution in [2.45, 2.75) is 32.7 Å². The fourth-order valence-electron chi connectivity index (χ4n) is 2.41. The molecule has 1 rings (SSSR count). The predicted molar refractivity (Wildman–Crippen MR) is 59.1 cm³/mol. The van der Waals surface area contributed by atoms with Crippen molar-refractivity contribution in [3.8, 4) is 0 Å². The second-order valence-electron chi connectivity index (χ2n) is 4.99. The average molecular weight is 200 g/mol. The number of hydrogen-bond donors (Lipinski definition) is 2. The van der Waals surface area contributed by atoms with Crippen LogP contribution in [-0.2, 0) is 0 Å². The summed E-state index contributed by atoms with van der Waals surface area (Å²) in [6, 6.07) is 0.305. The molecule has 0 saturated carbocycles. The Balaban J connectivity index is 2.37. The first kappa shape index (κ1) is 12.0. The standard InChI is InChI=1S/C11H24N2O/c1-9(2)6-13-7-10(3-4-14)5-11(12)8-13/h9-11,14H,3-8,12H2,1-2H3. The second kappa shape index (κ2) is 5.69. The Morgan fingerprint density at radius 3 is 2.71 bits per heavy atom. The number of piperidine rings is 1. The van der Waals surface area contributed by atoms with Gasteiger partial charge < -0.3 is 15.7 Å². The third-order valence-electron chi connectivity index (χ3n) is 2.81. The number of aliphatic hydroxyl groups excluding tert-OH is 1. The third kappa shape index (κ3) is 3.95. The lowest BCUT2D eigenvalue weighted by molar-refractivity contribution is 0.123. The molecule has 0 radical (unpaired) electrons. The number of rotatable bonds is 4. The minimum atomic E-state index is 0.299. The van der Waals surface area contributed by atoms with Crippen molar-refractivity contribution in [3.63, 3.8) is 0 Å². The summed E-state index contributed by atoms with van der Waals surface area (Å²) < 4.78 is 0. The van der Waals surface area contributed by atoms with Gasteiger partial charge in [0.1, 0.15) is 0 Å². The molecular formula is C11H24N2O.